The molecule has 0 fully saturated rings. The third kappa shape index (κ3) is 2.73. The summed E-state index contributed by atoms with van der Waals surface area (Å²) in [6.07, 6.45) is 1.77. The average Bonchev–Trinajstić information content (AvgIpc) is 2.89. The number of pyridine rings is 1. The van der Waals surface area contributed by atoms with Crippen LogP contribution in [0.15, 0.2) is 40.9 Å². The molecule has 0 saturated carbocycles. The number of benzene rings is 1. The van der Waals surface area contributed by atoms with Crippen LogP contribution in [0.3, 0.4) is 0 Å². The molecule has 3 aromatic rings. The molecule has 5 heteroatoms. The lowest BCUT2D eigenvalue weighted by Gasteiger charge is -2.07. The fourth-order valence-corrected chi connectivity index (χ4v) is 2.22. The summed E-state index contributed by atoms with van der Waals surface area (Å²) in [4.78, 5) is 8.88. The zero-order valence-electron chi connectivity index (χ0n) is 12.1. The standard InChI is InChI=1S/C16H18N4O/c1-10-7-12(13-5-3-4-6-18-13)15-14(8-10)20-16(21-15)19-11(2)9-17/h3-8,11H,9,17H2,1-2H3,(H,19,20)/t11-/m0/s1. The van der Waals surface area contributed by atoms with Crippen LogP contribution in [0.25, 0.3) is 22.4 Å². The van der Waals surface area contributed by atoms with E-state index in [0.29, 0.717) is 12.6 Å². The molecule has 0 aliphatic heterocycles. The normalized spacial score (nSPS) is 12.5. The lowest BCUT2D eigenvalue weighted by Crippen LogP contribution is -2.25. The number of rotatable bonds is 4. The fourth-order valence-electron chi connectivity index (χ4n) is 2.22. The molecule has 21 heavy (non-hydrogen) atoms. The highest BCUT2D eigenvalue weighted by atomic mass is 16.4. The predicted octanol–water partition coefficient (Wildman–Crippen LogP) is 2.96. The first-order valence-corrected chi connectivity index (χ1v) is 6.96. The van der Waals surface area contributed by atoms with Gasteiger partial charge in [-0.3, -0.25) is 4.98 Å². The molecule has 0 aliphatic carbocycles. The van der Waals surface area contributed by atoms with Crippen LogP contribution >= 0.6 is 0 Å². The summed E-state index contributed by atoms with van der Waals surface area (Å²) in [5, 5.41) is 3.16. The summed E-state index contributed by atoms with van der Waals surface area (Å²) in [6, 6.07) is 10.5. The maximum atomic E-state index is 5.86. The van der Waals surface area contributed by atoms with E-state index in [1.165, 1.54) is 0 Å². The number of hydrogen-bond donors (Lipinski definition) is 2. The highest BCUT2D eigenvalue weighted by Crippen LogP contribution is 2.31. The Morgan fingerprint density at radius 2 is 2.19 bits per heavy atom. The van der Waals surface area contributed by atoms with Gasteiger partial charge in [-0.05, 0) is 43.7 Å². The summed E-state index contributed by atoms with van der Waals surface area (Å²) in [5.74, 6) is 0. The van der Waals surface area contributed by atoms with Crippen LogP contribution in [0, 0.1) is 6.92 Å². The van der Waals surface area contributed by atoms with Crippen LogP contribution < -0.4 is 11.1 Å². The van der Waals surface area contributed by atoms with E-state index >= 15 is 0 Å². The molecule has 108 valence electrons. The Balaban J connectivity index is 2.12. The predicted molar refractivity (Wildman–Crippen MR) is 84.1 cm³/mol. The molecule has 0 saturated heterocycles. The number of nitrogens with two attached hydrogens (primary N) is 1. The van der Waals surface area contributed by atoms with Gasteiger partial charge in [0.1, 0.15) is 5.52 Å². The minimum absolute atomic E-state index is 0.109. The first kappa shape index (κ1) is 13.6. The lowest BCUT2D eigenvalue weighted by molar-refractivity contribution is 0.601. The minimum Gasteiger partial charge on any atom is -0.423 e. The molecule has 0 unspecified atom stereocenters. The second kappa shape index (κ2) is 5.54. The van der Waals surface area contributed by atoms with Crippen LogP contribution in [0.1, 0.15) is 12.5 Å². The van der Waals surface area contributed by atoms with E-state index < -0.39 is 0 Å². The van der Waals surface area contributed by atoms with Crippen molar-refractivity contribution >= 4 is 17.1 Å². The van der Waals surface area contributed by atoms with E-state index in [2.05, 4.69) is 21.4 Å². The zero-order chi connectivity index (χ0) is 14.8. The molecule has 2 heterocycles. The summed E-state index contributed by atoms with van der Waals surface area (Å²) in [6.45, 7) is 4.54. The second-order valence-corrected chi connectivity index (χ2v) is 5.18. The molecular formula is C16H18N4O. The molecule has 0 spiro atoms. The second-order valence-electron chi connectivity index (χ2n) is 5.18. The number of nitrogens with zero attached hydrogens (tertiary/aromatic N) is 2. The maximum Gasteiger partial charge on any atom is 0.295 e. The van der Waals surface area contributed by atoms with Gasteiger partial charge >= 0.3 is 0 Å². The number of nitrogens with one attached hydrogen (secondary N) is 1. The van der Waals surface area contributed by atoms with E-state index in [1.807, 2.05) is 38.1 Å². The Bertz CT molecular complexity index is 752. The highest BCUT2D eigenvalue weighted by Gasteiger charge is 2.14. The monoisotopic (exact) mass is 282 g/mol. The topological polar surface area (TPSA) is 77.0 Å². The number of aromatic nitrogens is 2. The van der Waals surface area contributed by atoms with Crippen molar-refractivity contribution in [1.82, 2.24) is 9.97 Å². The molecule has 3 rings (SSSR count). The molecule has 0 radical (unpaired) electrons. The van der Waals surface area contributed by atoms with Gasteiger partial charge < -0.3 is 15.5 Å². The number of aryl methyl sites for hydroxylation is 1. The van der Waals surface area contributed by atoms with E-state index in [4.69, 9.17) is 10.2 Å². The average molecular weight is 282 g/mol. The Morgan fingerprint density at radius 3 is 2.90 bits per heavy atom. The molecule has 3 N–H and O–H groups in total. The summed E-state index contributed by atoms with van der Waals surface area (Å²) in [7, 11) is 0. The van der Waals surface area contributed by atoms with Crippen molar-refractivity contribution in [2.24, 2.45) is 5.73 Å². The van der Waals surface area contributed by atoms with Crippen LogP contribution in [0.2, 0.25) is 0 Å². The molecule has 1 aromatic carbocycles. The third-order valence-electron chi connectivity index (χ3n) is 3.30. The minimum atomic E-state index is 0.109. The van der Waals surface area contributed by atoms with Gasteiger partial charge in [-0.1, -0.05) is 6.07 Å². The van der Waals surface area contributed by atoms with E-state index in [0.717, 1.165) is 27.9 Å². The van der Waals surface area contributed by atoms with Crippen molar-refractivity contribution < 1.29 is 4.42 Å². The van der Waals surface area contributed by atoms with Gasteiger partial charge in [0.15, 0.2) is 5.58 Å². The fraction of sp³-hybridized carbons (Fsp3) is 0.250. The van der Waals surface area contributed by atoms with Gasteiger partial charge in [-0.15, -0.1) is 0 Å². The number of hydrogen-bond acceptors (Lipinski definition) is 5. The van der Waals surface area contributed by atoms with Crippen molar-refractivity contribution in [3.63, 3.8) is 0 Å². The smallest absolute Gasteiger partial charge is 0.295 e. The quantitative estimate of drug-likeness (QED) is 0.769. The molecule has 1 atom stereocenters. The largest absolute Gasteiger partial charge is 0.423 e. The van der Waals surface area contributed by atoms with Crippen molar-refractivity contribution in [3.05, 3.63) is 42.1 Å². The van der Waals surface area contributed by atoms with Crippen LogP contribution in [-0.4, -0.2) is 22.6 Å². The Morgan fingerprint density at radius 1 is 1.33 bits per heavy atom. The van der Waals surface area contributed by atoms with Gasteiger partial charge in [0, 0.05) is 24.3 Å². The van der Waals surface area contributed by atoms with Gasteiger partial charge in [0.05, 0.1) is 5.69 Å². The van der Waals surface area contributed by atoms with E-state index in [9.17, 15) is 0 Å². The lowest BCUT2D eigenvalue weighted by atomic mass is 10.1. The first-order valence-electron chi connectivity index (χ1n) is 6.96. The van der Waals surface area contributed by atoms with Gasteiger partial charge in [-0.25, -0.2) is 0 Å². The first-order chi connectivity index (χ1) is 10.2. The maximum absolute atomic E-state index is 5.86. The van der Waals surface area contributed by atoms with Gasteiger partial charge in [0.2, 0.25) is 0 Å². The van der Waals surface area contributed by atoms with Crippen molar-refractivity contribution in [3.8, 4) is 11.3 Å². The van der Waals surface area contributed by atoms with Crippen LogP contribution in [0.5, 0.6) is 0 Å². The van der Waals surface area contributed by atoms with Crippen molar-refractivity contribution in [2.45, 2.75) is 19.9 Å². The summed E-state index contributed by atoms with van der Waals surface area (Å²) < 4.78 is 5.86. The summed E-state index contributed by atoms with van der Waals surface area (Å²) >= 11 is 0. The highest BCUT2D eigenvalue weighted by molar-refractivity contribution is 5.90. The summed E-state index contributed by atoms with van der Waals surface area (Å²) in [5.41, 5.74) is 10.1. The number of anilines is 1. The van der Waals surface area contributed by atoms with Gasteiger partial charge in [-0.2, -0.15) is 4.98 Å². The van der Waals surface area contributed by atoms with Crippen molar-refractivity contribution in [1.29, 1.82) is 0 Å². The molecule has 0 bridgehead atoms. The molecule has 0 amide bonds. The molecule has 5 nitrogen and oxygen atoms in total. The molecule has 0 aliphatic rings. The van der Waals surface area contributed by atoms with Crippen LogP contribution in [-0.2, 0) is 0 Å². The number of oxazole rings is 1. The SMILES string of the molecule is Cc1cc(-c2ccccn2)c2oc(N[C@@H](C)CN)nc2c1. The van der Waals surface area contributed by atoms with E-state index in [-0.39, 0.29) is 6.04 Å². The van der Waals surface area contributed by atoms with E-state index in [1.54, 1.807) is 6.20 Å². The Kier molecular flexibility index (Phi) is 3.58. The van der Waals surface area contributed by atoms with Gasteiger partial charge in [0.25, 0.3) is 6.01 Å². The Labute approximate surface area is 123 Å². The zero-order valence-corrected chi connectivity index (χ0v) is 12.1. The molecular weight excluding hydrogens is 264 g/mol. The number of fused-ring (bicyclic) bond motifs is 1. The van der Waals surface area contributed by atoms with Crippen molar-refractivity contribution in [2.75, 3.05) is 11.9 Å². The van der Waals surface area contributed by atoms with Crippen LogP contribution in [0.4, 0.5) is 6.01 Å². The third-order valence-corrected chi connectivity index (χ3v) is 3.30. The Hall–Kier alpha value is -2.40. The molecule has 2 aromatic heterocycles.